The topological polar surface area (TPSA) is 37.3 Å². The Bertz CT molecular complexity index is 340. The Morgan fingerprint density at radius 2 is 0.833 bits per heavy atom. The van der Waals surface area contributed by atoms with Crippen molar-refractivity contribution in [3.8, 4) is 0 Å². The minimum atomic E-state index is -0.650. The molecule has 0 aromatic carbocycles. The molecule has 0 rings (SSSR count). The zero-order valence-electron chi connectivity index (χ0n) is 20.9. The fourth-order valence-corrected chi connectivity index (χ4v) is 4.59. The minimum absolute atomic E-state index is 0.346. The normalized spacial score (nSPS) is 12.3. The lowest BCUT2D eigenvalue weighted by Gasteiger charge is -2.09. The maximum Gasteiger partial charge on any atom is 0.303 e. The van der Waals surface area contributed by atoms with Gasteiger partial charge in [-0.1, -0.05) is 155 Å². The monoisotopic (exact) mass is 424 g/mol. The zero-order chi connectivity index (χ0) is 22.1. The molecule has 2 heteroatoms. The second-order valence-electron chi connectivity index (χ2n) is 9.90. The molecule has 0 saturated heterocycles. The molecule has 0 heterocycles. The van der Waals surface area contributed by atoms with Gasteiger partial charge in [-0.15, -0.1) is 0 Å². The molecule has 0 fully saturated rings. The van der Waals surface area contributed by atoms with Gasteiger partial charge in [0.25, 0.3) is 0 Å². The minimum Gasteiger partial charge on any atom is -0.481 e. The van der Waals surface area contributed by atoms with Gasteiger partial charge in [0.15, 0.2) is 0 Å². The lowest BCUT2D eigenvalue weighted by Crippen LogP contribution is -1.93. The van der Waals surface area contributed by atoms with Gasteiger partial charge in [0.1, 0.15) is 0 Å². The number of aliphatic carboxylic acids is 1. The first-order valence-electron chi connectivity index (χ1n) is 13.9. The third-order valence-electron chi connectivity index (χ3n) is 6.62. The summed E-state index contributed by atoms with van der Waals surface area (Å²) >= 11 is 0. The van der Waals surface area contributed by atoms with Crippen LogP contribution in [0.15, 0.2) is 0 Å². The number of carboxylic acids is 1. The summed E-state index contributed by atoms with van der Waals surface area (Å²) in [7, 11) is 0. The Hall–Kier alpha value is -0.530. The zero-order valence-corrected chi connectivity index (χ0v) is 20.9. The number of carboxylic acid groups (broad SMARTS) is 1. The van der Waals surface area contributed by atoms with Crippen LogP contribution in [0.2, 0.25) is 0 Å². The SMILES string of the molecule is CCCC(C)CCCCCCCCCCCCCCCCCCCCCCC(=O)O. The van der Waals surface area contributed by atoms with Crippen LogP contribution in [-0.2, 0) is 4.79 Å². The second-order valence-corrected chi connectivity index (χ2v) is 9.90. The van der Waals surface area contributed by atoms with E-state index < -0.39 is 5.97 Å². The Labute approximate surface area is 190 Å². The predicted octanol–water partition coefficient (Wildman–Crippen LogP) is 10.1. The maximum atomic E-state index is 10.4. The van der Waals surface area contributed by atoms with Gasteiger partial charge in [0.05, 0.1) is 0 Å². The van der Waals surface area contributed by atoms with Crippen molar-refractivity contribution in [2.75, 3.05) is 0 Å². The van der Waals surface area contributed by atoms with Crippen LogP contribution in [0, 0.1) is 5.92 Å². The molecule has 0 aliphatic heterocycles. The van der Waals surface area contributed by atoms with Crippen LogP contribution in [0.3, 0.4) is 0 Å². The van der Waals surface area contributed by atoms with Crippen molar-refractivity contribution in [3.63, 3.8) is 0 Å². The summed E-state index contributed by atoms with van der Waals surface area (Å²) in [5.74, 6) is 0.298. The average molecular weight is 425 g/mol. The van der Waals surface area contributed by atoms with Crippen LogP contribution < -0.4 is 0 Å². The van der Waals surface area contributed by atoms with Crippen LogP contribution in [0.25, 0.3) is 0 Å². The van der Waals surface area contributed by atoms with E-state index in [9.17, 15) is 4.79 Å². The third kappa shape index (κ3) is 25.5. The third-order valence-corrected chi connectivity index (χ3v) is 6.62. The first-order valence-corrected chi connectivity index (χ1v) is 13.9. The summed E-state index contributed by atoms with van der Waals surface area (Å²) in [6.45, 7) is 4.72. The van der Waals surface area contributed by atoms with Crippen molar-refractivity contribution in [2.45, 2.75) is 168 Å². The lowest BCUT2D eigenvalue weighted by molar-refractivity contribution is -0.137. The van der Waals surface area contributed by atoms with Crippen molar-refractivity contribution >= 4 is 5.97 Å². The van der Waals surface area contributed by atoms with Crippen molar-refractivity contribution in [3.05, 3.63) is 0 Å². The highest BCUT2D eigenvalue weighted by Crippen LogP contribution is 2.17. The van der Waals surface area contributed by atoms with Crippen molar-refractivity contribution < 1.29 is 9.90 Å². The molecule has 1 unspecified atom stereocenters. The molecule has 30 heavy (non-hydrogen) atoms. The van der Waals surface area contributed by atoms with Crippen LogP contribution in [0.5, 0.6) is 0 Å². The lowest BCUT2D eigenvalue weighted by atomic mass is 9.98. The Morgan fingerprint density at radius 3 is 1.13 bits per heavy atom. The van der Waals surface area contributed by atoms with Gasteiger partial charge in [-0.05, 0) is 12.3 Å². The molecule has 0 amide bonds. The van der Waals surface area contributed by atoms with E-state index >= 15 is 0 Å². The average Bonchev–Trinajstić information content (AvgIpc) is 2.71. The molecule has 0 aliphatic carbocycles. The summed E-state index contributed by atoms with van der Waals surface area (Å²) in [6.07, 6.45) is 32.0. The van der Waals surface area contributed by atoms with Gasteiger partial charge in [0.2, 0.25) is 0 Å². The van der Waals surface area contributed by atoms with Crippen molar-refractivity contribution in [1.82, 2.24) is 0 Å². The first kappa shape index (κ1) is 29.5. The molecule has 0 saturated carbocycles. The number of hydrogen-bond donors (Lipinski definition) is 1. The Balaban J connectivity index is 3.04. The number of rotatable bonds is 25. The smallest absolute Gasteiger partial charge is 0.303 e. The van der Waals surface area contributed by atoms with Crippen LogP contribution >= 0.6 is 0 Å². The van der Waals surface area contributed by atoms with E-state index in [4.69, 9.17) is 5.11 Å². The Kier molecular flexibility index (Phi) is 24.3. The first-order chi connectivity index (χ1) is 14.7. The van der Waals surface area contributed by atoms with Crippen LogP contribution in [0.1, 0.15) is 168 Å². The molecule has 1 atom stereocenters. The Morgan fingerprint density at radius 1 is 0.533 bits per heavy atom. The highest BCUT2D eigenvalue weighted by molar-refractivity contribution is 5.66. The largest absolute Gasteiger partial charge is 0.481 e. The predicted molar refractivity (Wildman–Crippen MR) is 133 cm³/mol. The van der Waals surface area contributed by atoms with Crippen molar-refractivity contribution in [2.24, 2.45) is 5.92 Å². The number of carbonyl (C=O) groups is 1. The van der Waals surface area contributed by atoms with E-state index in [1.165, 1.54) is 135 Å². The van der Waals surface area contributed by atoms with E-state index in [1.807, 2.05) is 0 Å². The molecule has 0 bridgehead atoms. The van der Waals surface area contributed by atoms with Gasteiger partial charge in [-0.25, -0.2) is 0 Å². The molecule has 0 spiro atoms. The summed E-state index contributed by atoms with van der Waals surface area (Å²) < 4.78 is 0. The highest BCUT2D eigenvalue weighted by Gasteiger charge is 2.00. The van der Waals surface area contributed by atoms with Crippen LogP contribution in [-0.4, -0.2) is 11.1 Å². The molecular formula is C28H56O2. The van der Waals surface area contributed by atoms with Gasteiger partial charge in [-0.2, -0.15) is 0 Å². The van der Waals surface area contributed by atoms with E-state index in [0.717, 1.165) is 18.8 Å². The van der Waals surface area contributed by atoms with Gasteiger partial charge in [0, 0.05) is 6.42 Å². The molecule has 0 radical (unpaired) electrons. The fraction of sp³-hybridized carbons (Fsp3) is 0.964. The van der Waals surface area contributed by atoms with Gasteiger partial charge < -0.3 is 5.11 Å². The van der Waals surface area contributed by atoms with Gasteiger partial charge in [-0.3, -0.25) is 4.79 Å². The molecule has 0 aliphatic rings. The molecule has 0 aromatic heterocycles. The standard InChI is InChI=1S/C28H56O2/c1-3-24-27(2)25-22-20-18-16-14-12-10-8-6-4-5-7-9-11-13-15-17-19-21-23-26-28(29)30/h27H,3-26H2,1-2H3,(H,29,30). The highest BCUT2D eigenvalue weighted by atomic mass is 16.4. The van der Waals surface area contributed by atoms with E-state index in [0.29, 0.717) is 6.42 Å². The molecular weight excluding hydrogens is 368 g/mol. The van der Waals surface area contributed by atoms with E-state index in [-0.39, 0.29) is 0 Å². The van der Waals surface area contributed by atoms with E-state index in [2.05, 4.69) is 13.8 Å². The molecule has 180 valence electrons. The molecule has 0 aromatic rings. The number of unbranched alkanes of at least 4 members (excludes halogenated alkanes) is 19. The quantitative estimate of drug-likeness (QED) is 0.148. The molecule has 1 N–H and O–H groups in total. The summed E-state index contributed by atoms with van der Waals surface area (Å²) in [6, 6.07) is 0. The van der Waals surface area contributed by atoms with E-state index in [1.54, 1.807) is 0 Å². The molecule has 2 nitrogen and oxygen atoms in total. The second kappa shape index (κ2) is 24.7. The summed E-state index contributed by atoms with van der Waals surface area (Å²) in [4.78, 5) is 10.4. The number of hydrogen-bond acceptors (Lipinski definition) is 1. The summed E-state index contributed by atoms with van der Waals surface area (Å²) in [5.41, 5.74) is 0. The summed E-state index contributed by atoms with van der Waals surface area (Å²) in [5, 5.41) is 8.60. The maximum absolute atomic E-state index is 10.4. The fourth-order valence-electron chi connectivity index (χ4n) is 4.59. The van der Waals surface area contributed by atoms with Crippen LogP contribution in [0.4, 0.5) is 0 Å². The van der Waals surface area contributed by atoms with Gasteiger partial charge >= 0.3 is 5.97 Å². The van der Waals surface area contributed by atoms with Crippen molar-refractivity contribution in [1.29, 1.82) is 0 Å².